The number of esters is 3. The second-order valence-electron chi connectivity index (χ2n) is 19.3. The molecule has 0 aliphatic rings. The van der Waals surface area contributed by atoms with Gasteiger partial charge in [0.05, 0.1) is 0 Å². The molecule has 0 aromatic rings. The third kappa shape index (κ3) is 49.3. The van der Waals surface area contributed by atoms with Crippen LogP contribution >= 0.6 is 0 Å². The number of hydrogen-bond acceptors (Lipinski definition) is 6. The lowest BCUT2D eigenvalue weighted by Gasteiger charge is -2.18. The smallest absolute Gasteiger partial charge is 0.306 e. The Morgan fingerprint density at radius 3 is 0.803 bits per heavy atom. The van der Waals surface area contributed by atoms with E-state index in [1.807, 2.05) is 0 Å². The Morgan fingerprint density at radius 1 is 0.311 bits per heavy atom. The summed E-state index contributed by atoms with van der Waals surface area (Å²) in [6, 6.07) is 0. The van der Waals surface area contributed by atoms with Crippen molar-refractivity contribution in [3.63, 3.8) is 0 Å². The van der Waals surface area contributed by atoms with Crippen LogP contribution in [0.1, 0.15) is 310 Å². The van der Waals surface area contributed by atoms with E-state index < -0.39 is 6.10 Å². The molecule has 0 saturated heterocycles. The van der Waals surface area contributed by atoms with Gasteiger partial charge in [0.25, 0.3) is 0 Å². The van der Waals surface area contributed by atoms with Gasteiger partial charge in [-0.3, -0.25) is 14.4 Å². The second kappa shape index (κ2) is 49.4. The first-order chi connectivity index (χ1) is 29.9. The van der Waals surface area contributed by atoms with E-state index in [-0.39, 0.29) is 31.1 Å². The molecule has 0 rings (SSSR count). The van der Waals surface area contributed by atoms with Crippen LogP contribution in [0, 0.1) is 5.92 Å². The van der Waals surface area contributed by atoms with Crippen molar-refractivity contribution in [1.29, 1.82) is 0 Å². The molecule has 0 fully saturated rings. The molecule has 61 heavy (non-hydrogen) atoms. The van der Waals surface area contributed by atoms with Crippen molar-refractivity contribution < 1.29 is 28.6 Å². The summed E-state index contributed by atoms with van der Waals surface area (Å²) in [5.41, 5.74) is 0. The lowest BCUT2D eigenvalue weighted by molar-refractivity contribution is -0.167. The van der Waals surface area contributed by atoms with Gasteiger partial charge in [0.2, 0.25) is 0 Å². The van der Waals surface area contributed by atoms with Crippen LogP contribution in [0.4, 0.5) is 0 Å². The van der Waals surface area contributed by atoms with Crippen molar-refractivity contribution in [2.75, 3.05) is 13.2 Å². The standard InChI is InChI=1S/C55H106O6/c1-5-7-9-11-13-15-17-26-30-34-38-42-46-53(56)59-49-52(61-55(58)48-44-40-36-32-27-18-16-14-12-10-8-6-2)50-60-54(57)47-43-39-35-31-28-24-22-20-19-21-23-25-29-33-37-41-45-51(3)4/h51-52H,5-50H2,1-4H3/t52-/m0/s1. The van der Waals surface area contributed by atoms with Gasteiger partial charge < -0.3 is 14.2 Å². The normalized spacial score (nSPS) is 12.0. The highest BCUT2D eigenvalue weighted by Crippen LogP contribution is 2.17. The van der Waals surface area contributed by atoms with Crippen LogP contribution in [0.3, 0.4) is 0 Å². The fraction of sp³-hybridized carbons (Fsp3) is 0.945. The molecule has 0 N–H and O–H groups in total. The van der Waals surface area contributed by atoms with Crippen LogP contribution in [-0.2, 0) is 28.6 Å². The van der Waals surface area contributed by atoms with Crippen LogP contribution < -0.4 is 0 Å². The first-order valence-electron chi connectivity index (χ1n) is 27.4. The van der Waals surface area contributed by atoms with Crippen LogP contribution in [0.15, 0.2) is 0 Å². The molecule has 0 amide bonds. The van der Waals surface area contributed by atoms with Gasteiger partial charge >= 0.3 is 17.9 Å². The highest BCUT2D eigenvalue weighted by molar-refractivity contribution is 5.71. The molecule has 6 nitrogen and oxygen atoms in total. The van der Waals surface area contributed by atoms with Crippen molar-refractivity contribution in [3.05, 3.63) is 0 Å². The Balaban J connectivity index is 4.24. The molecular weight excluding hydrogens is 757 g/mol. The summed E-state index contributed by atoms with van der Waals surface area (Å²) < 4.78 is 16.8. The summed E-state index contributed by atoms with van der Waals surface area (Å²) in [4.78, 5) is 38.0. The zero-order valence-electron chi connectivity index (χ0n) is 41.6. The van der Waals surface area contributed by atoms with E-state index in [2.05, 4.69) is 27.7 Å². The number of carbonyl (C=O) groups is 3. The number of carbonyl (C=O) groups excluding carboxylic acids is 3. The summed E-state index contributed by atoms with van der Waals surface area (Å²) >= 11 is 0. The van der Waals surface area contributed by atoms with Crippen molar-refractivity contribution >= 4 is 17.9 Å². The molecular formula is C55H106O6. The molecule has 0 heterocycles. The number of ether oxygens (including phenoxy) is 3. The average molecular weight is 863 g/mol. The predicted octanol–water partition coefficient (Wildman–Crippen LogP) is 17.8. The maximum atomic E-state index is 12.8. The zero-order chi connectivity index (χ0) is 44.5. The van der Waals surface area contributed by atoms with Gasteiger partial charge in [0, 0.05) is 19.3 Å². The first-order valence-corrected chi connectivity index (χ1v) is 27.4. The van der Waals surface area contributed by atoms with Crippen LogP contribution in [0.2, 0.25) is 0 Å². The van der Waals surface area contributed by atoms with Crippen molar-refractivity contribution in [2.24, 2.45) is 5.92 Å². The molecule has 0 aromatic heterocycles. The predicted molar refractivity (Wildman–Crippen MR) is 261 cm³/mol. The largest absolute Gasteiger partial charge is 0.462 e. The second-order valence-corrected chi connectivity index (χ2v) is 19.3. The number of rotatable bonds is 50. The van der Waals surface area contributed by atoms with Gasteiger partial charge in [-0.15, -0.1) is 0 Å². The molecule has 1 atom stereocenters. The van der Waals surface area contributed by atoms with Gasteiger partial charge in [0.1, 0.15) is 13.2 Å². The molecule has 6 heteroatoms. The van der Waals surface area contributed by atoms with E-state index in [0.29, 0.717) is 19.3 Å². The van der Waals surface area contributed by atoms with E-state index in [0.717, 1.165) is 63.7 Å². The molecule has 0 saturated carbocycles. The Morgan fingerprint density at radius 2 is 0.541 bits per heavy atom. The summed E-state index contributed by atoms with van der Waals surface area (Å²) in [6.07, 6.45) is 52.3. The minimum atomic E-state index is -0.760. The third-order valence-electron chi connectivity index (χ3n) is 12.5. The van der Waals surface area contributed by atoms with E-state index in [4.69, 9.17) is 14.2 Å². The Labute approximate surface area is 380 Å². The van der Waals surface area contributed by atoms with Crippen LogP contribution in [0.5, 0.6) is 0 Å². The molecule has 0 bridgehead atoms. The SMILES string of the molecule is CCCCCCCCCCCCCCC(=O)OC[C@@H](COC(=O)CCCCCCCCCCCCCCCCCCC(C)C)OC(=O)CCCCCCCCCCCCCC. The van der Waals surface area contributed by atoms with E-state index in [1.54, 1.807) is 0 Å². The first kappa shape index (κ1) is 59.4. The average Bonchev–Trinajstić information content (AvgIpc) is 3.24. The van der Waals surface area contributed by atoms with E-state index in [9.17, 15) is 14.4 Å². The fourth-order valence-electron chi connectivity index (χ4n) is 8.39. The monoisotopic (exact) mass is 863 g/mol. The molecule has 0 spiro atoms. The van der Waals surface area contributed by atoms with Gasteiger partial charge in [-0.05, 0) is 25.2 Å². The van der Waals surface area contributed by atoms with E-state index >= 15 is 0 Å². The van der Waals surface area contributed by atoms with Crippen LogP contribution in [0.25, 0.3) is 0 Å². The number of unbranched alkanes of at least 4 members (excludes halogenated alkanes) is 37. The lowest BCUT2D eigenvalue weighted by atomic mass is 10.0. The molecule has 0 unspecified atom stereocenters. The highest BCUT2D eigenvalue weighted by Gasteiger charge is 2.19. The maximum absolute atomic E-state index is 12.8. The van der Waals surface area contributed by atoms with Gasteiger partial charge in [-0.2, -0.15) is 0 Å². The zero-order valence-corrected chi connectivity index (χ0v) is 41.6. The summed E-state index contributed by atoms with van der Waals surface area (Å²) in [7, 11) is 0. The van der Waals surface area contributed by atoms with E-state index in [1.165, 1.54) is 205 Å². The summed E-state index contributed by atoms with van der Waals surface area (Å²) in [6.45, 7) is 9.05. The molecule has 0 aliphatic heterocycles. The molecule has 0 aliphatic carbocycles. The highest BCUT2D eigenvalue weighted by atomic mass is 16.6. The summed E-state index contributed by atoms with van der Waals surface area (Å²) in [5, 5.41) is 0. The van der Waals surface area contributed by atoms with Gasteiger partial charge in [-0.25, -0.2) is 0 Å². The van der Waals surface area contributed by atoms with Gasteiger partial charge in [0.15, 0.2) is 6.10 Å². The Bertz CT molecular complexity index is 918. The molecule has 362 valence electrons. The lowest BCUT2D eigenvalue weighted by Crippen LogP contribution is -2.30. The molecule has 0 radical (unpaired) electrons. The quantitative estimate of drug-likeness (QED) is 0.0344. The Kier molecular flexibility index (Phi) is 48.1. The Hall–Kier alpha value is -1.59. The van der Waals surface area contributed by atoms with Crippen molar-refractivity contribution in [2.45, 2.75) is 316 Å². The van der Waals surface area contributed by atoms with Crippen molar-refractivity contribution in [1.82, 2.24) is 0 Å². The third-order valence-corrected chi connectivity index (χ3v) is 12.5. The van der Waals surface area contributed by atoms with Crippen molar-refractivity contribution in [3.8, 4) is 0 Å². The van der Waals surface area contributed by atoms with Crippen LogP contribution in [-0.4, -0.2) is 37.2 Å². The van der Waals surface area contributed by atoms with Gasteiger partial charge in [-0.1, -0.05) is 272 Å². The fourth-order valence-corrected chi connectivity index (χ4v) is 8.39. The summed E-state index contributed by atoms with van der Waals surface area (Å²) in [5.74, 6) is 0.0128. The number of hydrogen-bond donors (Lipinski definition) is 0. The topological polar surface area (TPSA) is 78.9 Å². The maximum Gasteiger partial charge on any atom is 0.306 e. The minimum absolute atomic E-state index is 0.0622. The molecule has 0 aromatic carbocycles. The minimum Gasteiger partial charge on any atom is -0.462 e.